The first-order valence-electron chi connectivity index (χ1n) is 7.13. The lowest BCUT2D eigenvalue weighted by Crippen LogP contribution is -2.29. The van der Waals surface area contributed by atoms with Crippen LogP contribution in [0.3, 0.4) is 0 Å². The molecule has 1 aromatic carbocycles. The van der Waals surface area contributed by atoms with Gasteiger partial charge in [0, 0.05) is 16.3 Å². The van der Waals surface area contributed by atoms with Crippen molar-refractivity contribution in [1.82, 2.24) is 20.1 Å². The van der Waals surface area contributed by atoms with E-state index >= 15 is 0 Å². The summed E-state index contributed by atoms with van der Waals surface area (Å²) in [6.07, 6.45) is 3.40. The van der Waals surface area contributed by atoms with Gasteiger partial charge >= 0.3 is 0 Å². The fourth-order valence-corrected chi connectivity index (χ4v) is 3.16. The zero-order valence-corrected chi connectivity index (χ0v) is 13.8. The molecule has 0 saturated heterocycles. The molecule has 7 heteroatoms. The predicted molar refractivity (Wildman–Crippen MR) is 90.4 cm³/mol. The molecule has 0 aliphatic rings. The molecule has 1 N–H and O–H groups in total. The maximum Gasteiger partial charge on any atom is 0.222 e. The molecular formula is C16H15ClN4OS. The number of aryl methyl sites for hydroxylation is 1. The molecule has 0 fully saturated rings. The molecule has 118 valence electrons. The lowest BCUT2D eigenvalue weighted by atomic mass is 10.1. The average molecular weight is 347 g/mol. The molecule has 2 heterocycles. The van der Waals surface area contributed by atoms with E-state index in [0.29, 0.717) is 18.0 Å². The smallest absolute Gasteiger partial charge is 0.222 e. The Morgan fingerprint density at radius 2 is 2.13 bits per heavy atom. The minimum absolute atomic E-state index is 0.0335. The van der Waals surface area contributed by atoms with E-state index in [9.17, 15) is 4.79 Å². The van der Waals surface area contributed by atoms with Gasteiger partial charge in [-0.05, 0) is 29.1 Å². The second-order valence-corrected chi connectivity index (χ2v) is 6.39. The van der Waals surface area contributed by atoms with Gasteiger partial charge in [0.25, 0.3) is 0 Å². The van der Waals surface area contributed by atoms with Crippen molar-refractivity contribution >= 4 is 28.8 Å². The van der Waals surface area contributed by atoms with Crippen LogP contribution >= 0.6 is 22.9 Å². The molecule has 0 aliphatic carbocycles. The van der Waals surface area contributed by atoms with E-state index in [4.69, 9.17) is 11.6 Å². The Balaban J connectivity index is 1.71. The van der Waals surface area contributed by atoms with Crippen molar-refractivity contribution < 1.29 is 4.79 Å². The van der Waals surface area contributed by atoms with Crippen LogP contribution in [0.5, 0.6) is 0 Å². The van der Waals surface area contributed by atoms with Gasteiger partial charge in [-0.3, -0.25) is 9.48 Å². The topological polar surface area (TPSA) is 59.8 Å². The number of amides is 1. The zero-order valence-electron chi connectivity index (χ0n) is 12.2. The van der Waals surface area contributed by atoms with E-state index in [1.807, 2.05) is 41.8 Å². The Kier molecular flexibility index (Phi) is 5.05. The fourth-order valence-electron chi connectivity index (χ4n) is 2.23. The quantitative estimate of drug-likeness (QED) is 0.745. The number of carbonyl (C=O) groups is 1. The summed E-state index contributed by atoms with van der Waals surface area (Å²) < 4.78 is 1.64. The highest BCUT2D eigenvalue weighted by atomic mass is 35.5. The van der Waals surface area contributed by atoms with Crippen molar-refractivity contribution in [3.8, 4) is 0 Å². The van der Waals surface area contributed by atoms with E-state index in [2.05, 4.69) is 15.4 Å². The molecule has 0 saturated carbocycles. The first-order chi connectivity index (χ1) is 11.2. The van der Waals surface area contributed by atoms with E-state index in [0.717, 1.165) is 10.4 Å². The van der Waals surface area contributed by atoms with Crippen LogP contribution in [0.2, 0.25) is 5.02 Å². The number of nitrogens with zero attached hydrogens (tertiary/aromatic N) is 3. The summed E-state index contributed by atoms with van der Waals surface area (Å²) in [5.74, 6) is -0.0335. The minimum Gasteiger partial charge on any atom is -0.344 e. The van der Waals surface area contributed by atoms with Gasteiger partial charge in [-0.2, -0.15) is 5.10 Å². The van der Waals surface area contributed by atoms with Crippen LogP contribution in [0.1, 0.15) is 22.9 Å². The zero-order chi connectivity index (χ0) is 16.1. The van der Waals surface area contributed by atoms with Gasteiger partial charge in [0.2, 0.25) is 5.91 Å². The van der Waals surface area contributed by atoms with Crippen LogP contribution in [0.15, 0.2) is 54.4 Å². The SMILES string of the molecule is O=C(CCn1cncn1)N[C@H](c1ccc(Cl)cc1)c1cccs1. The average Bonchev–Trinajstić information content (AvgIpc) is 3.25. The molecule has 0 unspecified atom stereocenters. The lowest BCUT2D eigenvalue weighted by molar-refractivity contribution is -0.121. The first kappa shape index (κ1) is 15.7. The summed E-state index contributed by atoms with van der Waals surface area (Å²) in [6.45, 7) is 0.504. The van der Waals surface area contributed by atoms with Crippen molar-refractivity contribution in [2.45, 2.75) is 19.0 Å². The Morgan fingerprint density at radius 1 is 1.30 bits per heavy atom. The van der Waals surface area contributed by atoms with Gasteiger partial charge in [0.05, 0.1) is 12.6 Å². The molecule has 5 nitrogen and oxygen atoms in total. The number of carbonyl (C=O) groups excluding carboxylic acids is 1. The molecule has 0 radical (unpaired) electrons. The standard InChI is InChI=1S/C16H15ClN4OS/c17-13-5-3-12(4-6-13)16(14-2-1-9-23-14)20-15(22)7-8-21-11-18-10-19-21/h1-6,9-11,16H,7-8H2,(H,20,22)/t16-/m1/s1. The summed E-state index contributed by atoms with van der Waals surface area (Å²) in [5, 5.41) is 9.76. The van der Waals surface area contributed by atoms with Gasteiger partial charge in [-0.15, -0.1) is 11.3 Å². The van der Waals surface area contributed by atoms with Gasteiger partial charge in [-0.25, -0.2) is 4.98 Å². The monoisotopic (exact) mass is 346 g/mol. The number of thiophene rings is 1. The maximum absolute atomic E-state index is 12.3. The summed E-state index contributed by atoms with van der Waals surface area (Å²) in [4.78, 5) is 17.2. The van der Waals surface area contributed by atoms with Crippen LogP contribution in [0, 0.1) is 0 Å². The van der Waals surface area contributed by atoms with E-state index < -0.39 is 0 Å². The lowest BCUT2D eigenvalue weighted by Gasteiger charge is -2.18. The molecule has 0 bridgehead atoms. The van der Waals surface area contributed by atoms with E-state index in [1.165, 1.54) is 6.33 Å². The number of hydrogen-bond donors (Lipinski definition) is 1. The number of hydrogen-bond acceptors (Lipinski definition) is 4. The second kappa shape index (κ2) is 7.39. The van der Waals surface area contributed by atoms with Gasteiger partial charge in [0.15, 0.2) is 0 Å². The second-order valence-electron chi connectivity index (χ2n) is 4.98. The largest absolute Gasteiger partial charge is 0.344 e. The minimum atomic E-state index is -0.171. The molecule has 23 heavy (non-hydrogen) atoms. The molecule has 0 aliphatic heterocycles. The van der Waals surface area contributed by atoms with Crippen LogP contribution in [0.25, 0.3) is 0 Å². The fraction of sp³-hybridized carbons (Fsp3) is 0.188. The highest BCUT2D eigenvalue weighted by Crippen LogP contribution is 2.27. The predicted octanol–water partition coefficient (Wildman–Crippen LogP) is 3.29. The Morgan fingerprint density at radius 3 is 2.78 bits per heavy atom. The van der Waals surface area contributed by atoms with Crippen LogP contribution in [0.4, 0.5) is 0 Å². The molecule has 3 aromatic rings. The maximum atomic E-state index is 12.3. The van der Waals surface area contributed by atoms with E-state index in [-0.39, 0.29) is 11.9 Å². The third kappa shape index (κ3) is 4.18. The third-order valence-corrected chi connectivity index (χ3v) is 4.56. The number of rotatable bonds is 6. The summed E-state index contributed by atoms with van der Waals surface area (Å²) >= 11 is 7.57. The molecular weight excluding hydrogens is 332 g/mol. The van der Waals surface area contributed by atoms with Gasteiger partial charge in [0.1, 0.15) is 12.7 Å². The van der Waals surface area contributed by atoms with Crippen molar-refractivity contribution in [2.24, 2.45) is 0 Å². The van der Waals surface area contributed by atoms with Gasteiger partial charge < -0.3 is 5.32 Å². The van der Waals surface area contributed by atoms with E-state index in [1.54, 1.807) is 22.3 Å². The number of aromatic nitrogens is 3. The highest BCUT2D eigenvalue weighted by molar-refractivity contribution is 7.10. The van der Waals surface area contributed by atoms with Crippen molar-refractivity contribution in [3.05, 3.63) is 69.9 Å². The Labute approximate surface area is 142 Å². The molecule has 1 atom stereocenters. The third-order valence-electron chi connectivity index (χ3n) is 3.37. The summed E-state index contributed by atoms with van der Waals surface area (Å²) in [5.41, 5.74) is 1.01. The normalized spacial score (nSPS) is 12.0. The van der Waals surface area contributed by atoms with Gasteiger partial charge in [-0.1, -0.05) is 29.8 Å². The van der Waals surface area contributed by atoms with Crippen molar-refractivity contribution in [2.75, 3.05) is 0 Å². The molecule has 1 amide bonds. The first-order valence-corrected chi connectivity index (χ1v) is 8.39. The summed E-state index contributed by atoms with van der Waals surface area (Å²) in [7, 11) is 0. The number of nitrogens with one attached hydrogen (secondary N) is 1. The highest BCUT2D eigenvalue weighted by Gasteiger charge is 2.17. The van der Waals surface area contributed by atoms with Crippen LogP contribution < -0.4 is 5.32 Å². The van der Waals surface area contributed by atoms with Crippen molar-refractivity contribution in [3.63, 3.8) is 0 Å². The van der Waals surface area contributed by atoms with Crippen molar-refractivity contribution in [1.29, 1.82) is 0 Å². The Hall–Kier alpha value is -2.18. The number of halogens is 1. The molecule has 3 rings (SSSR count). The number of benzene rings is 1. The Bertz CT molecular complexity index is 741. The molecule has 2 aromatic heterocycles. The van der Waals surface area contributed by atoms with Crippen LogP contribution in [-0.2, 0) is 11.3 Å². The molecule has 0 spiro atoms. The summed E-state index contributed by atoms with van der Waals surface area (Å²) in [6, 6.07) is 11.4. The van der Waals surface area contributed by atoms with Crippen LogP contribution in [-0.4, -0.2) is 20.7 Å².